The molecule has 1 saturated heterocycles. The molecule has 0 atom stereocenters. The Morgan fingerprint density at radius 3 is 2.85 bits per heavy atom. The molecule has 3 N–H and O–H groups in total. The van der Waals surface area contributed by atoms with E-state index < -0.39 is 0 Å². The second-order valence-electron chi connectivity index (χ2n) is 8.19. The van der Waals surface area contributed by atoms with Crippen molar-refractivity contribution in [3.05, 3.63) is 66.0 Å². The number of amides is 1. The Hall–Kier alpha value is -3.12. The Bertz CT molecular complexity index is 1100. The molecule has 1 radical (unpaired) electrons. The van der Waals surface area contributed by atoms with Crippen LogP contribution in [0.4, 0.5) is 5.82 Å². The molecule has 3 aliphatic rings. The fourth-order valence-corrected chi connectivity index (χ4v) is 4.74. The summed E-state index contributed by atoms with van der Waals surface area (Å²) >= 11 is 1.59. The third-order valence-corrected chi connectivity index (χ3v) is 6.61. The van der Waals surface area contributed by atoms with Crippen molar-refractivity contribution in [2.24, 2.45) is 4.99 Å². The molecule has 177 valence electrons. The molecule has 10 nitrogen and oxygen atoms in total. The number of carbonyl (C=O) groups excluding carboxylic acids is 1. The van der Waals surface area contributed by atoms with E-state index in [1.807, 2.05) is 54.6 Å². The van der Waals surface area contributed by atoms with Gasteiger partial charge in [-0.2, -0.15) is 10.1 Å². The van der Waals surface area contributed by atoms with Crippen molar-refractivity contribution in [3.8, 4) is 0 Å². The molecule has 1 amide bonds. The highest BCUT2D eigenvalue weighted by molar-refractivity contribution is 7.97. The predicted molar refractivity (Wildman–Crippen MR) is 132 cm³/mol. The number of ether oxygens (including phenoxy) is 1. The topological polar surface area (TPSA) is 104 Å². The van der Waals surface area contributed by atoms with Crippen molar-refractivity contribution in [1.29, 1.82) is 0 Å². The number of aryl methyl sites for hydroxylation is 1. The number of amidine groups is 1. The van der Waals surface area contributed by atoms with Gasteiger partial charge in [-0.3, -0.25) is 24.4 Å². The Kier molecular flexibility index (Phi) is 6.95. The number of H-pyrrole nitrogens is 1. The monoisotopic (exact) mass is 480 g/mol. The summed E-state index contributed by atoms with van der Waals surface area (Å²) < 4.78 is 7.47. The first-order valence-electron chi connectivity index (χ1n) is 11.3. The first kappa shape index (κ1) is 22.7. The van der Waals surface area contributed by atoms with Crippen LogP contribution in [0.2, 0.25) is 0 Å². The highest BCUT2D eigenvalue weighted by Gasteiger charge is 2.37. The number of carbonyl (C=O) groups is 1. The highest BCUT2D eigenvalue weighted by atomic mass is 32.2. The number of nitrogens with zero attached hydrogens (tertiary/aromatic N) is 5. The second kappa shape index (κ2) is 10.4. The molecule has 3 aliphatic heterocycles. The molecule has 5 rings (SSSR count). The molecule has 11 heteroatoms. The number of hydrogen-bond acceptors (Lipinski definition) is 9. The summed E-state index contributed by atoms with van der Waals surface area (Å²) in [5.41, 5.74) is 1.65. The van der Waals surface area contributed by atoms with Crippen LogP contribution >= 0.6 is 11.9 Å². The van der Waals surface area contributed by atoms with Gasteiger partial charge in [-0.1, -0.05) is 0 Å². The molecule has 0 saturated carbocycles. The Morgan fingerprint density at radius 2 is 2.09 bits per heavy atom. The minimum absolute atomic E-state index is 0.0505. The minimum atomic E-state index is -0.0505. The van der Waals surface area contributed by atoms with Crippen molar-refractivity contribution in [2.45, 2.75) is 11.8 Å². The van der Waals surface area contributed by atoms with Gasteiger partial charge >= 0.3 is 0 Å². The van der Waals surface area contributed by atoms with Gasteiger partial charge in [0.15, 0.2) is 12.0 Å². The van der Waals surface area contributed by atoms with E-state index in [0.717, 1.165) is 60.9 Å². The highest BCUT2D eigenvalue weighted by Crippen LogP contribution is 2.28. The first-order chi connectivity index (χ1) is 16.6. The maximum atomic E-state index is 12.5. The minimum Gasteiger partial charge on any atom is -0.379 e. The maximum Gasteiger partial charge on any atom is 0.285 e. The van der Waals surface area contributed by atoms with Gasteiger partial charge < -0.3 is 10.1 Å². The number of nitrogens with one attached hydrogen (secondary N) is 3. The van der Waals surface area contributed by atoms with Crippen molar-refractivity contribution in [1.82, 2.24) is 29.6 Å². The van der Waals surface area contributed by atoms with Crippen LogP contribution in [0.15, 0.2) is 64.6 Å². The van der Waals surface area contributed by atoms with E-state index in [1.54, 1.807) is 18.1 Å². The van der Waals surface area contributed by atoms with Gasteiger partial charge in [-0.25, -0.2) is 0 Å². The SMILES string of the molecule is Cc1cc(NC2=CN(Sc3ccc(C(=O)NCCN4CCOCC4)cc3)CC3=NC=C[N+]23)n[nH]1. The summed E-state index contributed by atoms with van der Waals surface area (Å²) in [5, 5.41) is 13.6. The Balaban J connectivity index is 1.18. The van der Waals surface area contributed by atoms with E-state index in [0.29, 0.717) is 18.7 Å². The lowest BCUT2D eigenvalue weighted by atomic mass is 10.2. The van der Waals surface area contributed by atoms with Gasteiger partial charge in [0.05, 0.1) is 25.6 Å². The molecule has 0 spiro atoms. The van der Waals surface area contributed by atoms with Crippen LogP contribution in [-0.2, 0) is 4.74 Å². The Morgan fingerprint density at radius 1 is 1.26 bits per heavy atom. The molecule has 1 aromatic heterocycles. The normalized spacial score (nSPS) is 18.4. The third kappa shape index (κ3) is 5.50. The van der Waals surface area contributed by atoms with Crippen LogP contribution in [0, 0.1) is 6.92 Å². The first-order valence-corrected chi connectivity index (χ1v) is 12.1. The molecule has 4 heterocycles. The van der Waals surface area contributed by atoms with Crippen LogP contribution < -0.4 is 15.5 Å². The molecule has 1 aromatic carbocycles. The lowest BCUT2D eigenvalue weighted by molar-refractivity contribution is 0.0383. The van der Waals surface area contributed by atoms with Crippen LogP contribution in [-0.4, -0.2) is 77.1 Å². The quantitative estimate of drug-likeness (QED) is 0.392. The summed E-state index contributed by atoms with van der Waals surface area (Å²) in [6.45, 7) is 7.47. The molecular weight excluding hydrogens is 452 g/mol. The molecule has 1 fully saturated rings. The fraction of sp³-hybridized carbons (Fsp3) is 0.348. The zero-order valence-electron chi connectivity index (χ0n) is 19.0. The van der Waals surface area contributed by atoms with Crippen LogP contribution in [0.3, 0.4) is 0 Å². The summed E-state index contributed by atoms with van der Waals surface area (Å²) in [7, 11) is 0. The van der Waals surface area contributed by atoms with Gasteiger partial charge in [0.25, 0.3) is 17.6 Å². The van der Waals surface area contributed by atoms with Gasteiger partial charge in [0, 0.05) is 48.4 Å². The number of hydrogen-bond donors (Lipinski definition) is 3. The molecule has 0 unspecified atom stereocenters. The van der Waals surface area contributed by atoms with E-state index in [1.165, 1.54) is 0 Å². The number of rotatable bonds is 8. The fourth-order valence-electron chi connectivity index (χ4n) is 3.88. The number of morpholine rings is 1. The molecule has 0 bridgehead atoms. The second-order valence-corrected chi connectivity index (χ2v) is 9.31. The number of aromatic amines is 1. The zero-order chi connectivity index (χ0) is 23.3. The van der Waals surface area contributed by atoms with E-state index in [2.05, 4.69) is 35.0 Å². The number of anilines is 1. The van der Waals surface area contributed by atoms with E-state index in [9.17, 15) is 4.79 Å². The lowest BCUT2D eigenvalue weighted by Crippen LogP contribution is -2.42. The van der Waals surface area contributed by atoms with Gasteiger partial charge in [-0.15, -0.1) is 0 Å². The van der Waals surface area contributed by atoms with Gasteiger partial charge in [0.2, 0.25) is 0 Å². The van der Waals surface area contributed by atoms with Gasteiger partial charge in [0.1, 0.15) is 6.54 Å². The average Bonchev–Trinajstić information content (AvgIpc) is 3.49. The van der Waals surface area contributed by atoms with Crippen molar-refractivity contribution in [2.75, 3.05) is 51.3 Å². The number of fused-ring (bicyclic) bond motifs is 1. The van der Waals surface area contributed by atoms with Gasteiger partial charge in [-0.05, 0) is 48.0 Å². The standard InChI is InChI=1S/C23H28N8O2S/c1-17-14-20(28-27-17)26-22-16-30(15-21-24-7-9-31(21)22)34-19-4-2-18(3-5-19)23(32)25-6-8-29-10-12-33-13-11-29/h2-5,7,9,14,16H,6,8,10-13,15H2,1H3,(H,25,32)(H2,26,27,28)/q+1. The lowest BCUT2D eigenvalue weighted by Gasteiger charge is -2.26. The van der Waals surface area contributed by atoms with Crippen LogP contribution in [0.5, 0.6) is 0 Å². The van der Waals surface area contributed by atoms with E-state index >= 15 is 0 Å². The smallest absolute Gasteiger partial charge is 0.285 e. The molecule has 34 heavy (non-hydrogen) atoms. The third-order valence-electron chi connectivity index (χ3n) is 5.66. The molecule has 0 aliphatic carbocycles. The summed E-state index contributed by atoms with van der Waals surface area (Å²) in [6, 6.07) is 9.63. The maximum absolute atomic E-state index is 12.5. The van der Waals surface area contributed by atoms with E-state index in [4.69, 9.17) is 4.74 Å². The largest absolute Gasteiger partial charge is 0.379 e. The summed E-state index contributed by atoms with van der Waals surface area (Å²) in [6.07, 6.45) is 5.76. The Labute approximate surface area is 202 Å². The number of benzene rings is 1. The number of aliphatic imine (C=N–C) groups is 1. The predicted octanol–water partition coefficient (Wildman–Crippen LogP) is 2.04. The van der Waals surface area contributed by atoms with E-state index in [-0.39, 0.29) is 5.91 Å². The summed E-state index contributed by atoms with van der Waals surface area (Å²) in [4.78, 5) is 22.3. The van der Waals surface area contributed by atoms with Crippen LogP contribution in [0.1, 0.15) is 16.1 Å². The molecular formula is C23H28N8O2S+. The van der Waals surface area contributed by atoms with Crippen molar-refractivity contribution >= 4 is 29.5 Å². The average molecular weight is 481 g/mol. The number of aromatic nitrogens is 2. The summed E-state index contributed by atoms with van der Waals surface area (Å²) in [5.74, 6) is 2.50. The van der Waals surface area contributed by atoms with Crippen LogP contribution in [0.25, 0.3) is 0 Å². The van der Waals surface area contributed by atoms with Crippen molar-refractivity contribution < 1.29 is 9.53 Å². The zero-order valence-corrected chi connectivity index (χ0v) is 19.8. The van der Waals surface area contributed by atoms with Crippen molar-refractivity contribution in [3.63, 3.8) is 0 Å². The molecule has 2 aromatic rings.